The lowest BCUT2D eigenvalue weighted by molar-refractivity contribution is 0.244. The molecule has 0 atom stereocenters. The van der Waals surface area contributed by atoms with Crippen molar-refractivity contribution in [3.63, 3.8) is 0 Å². The summed E-state index contributed by atoms with van der Waals surface area (Å²) < 4.78 is 0. The summed E-state index contributed by atoms with van der Waals surface area (Å²) in [4.78, 5) is 2.64. The summed E-state index contributed by atoms with van der Waals surface area (Å²) >= 11 is 0. The molecule has 18 heavy (non-hydrogen) atoms. The molecule has 2 saturated carbocycles. The van der Waals surface area contributed by atoms with Crippen LogP contribution < -0.4 is 5.73 Å². The molecule has 0 unspecified atom stereocenters. The molecule has 0 aliphatic heterocycles. The predicted octanol–water partition coefficient (Wildman–Crippen LogP) is 3.31. The summed E-state index contributed by atoms with van der Waals surface area (Å²) in [6.07, 6.45) is 5.77. The Morgan fingerprint density at radius 2 is 1.67 bits per heavy atom. The molecule has 1 aromatic carbocycles. The van der Waals surface area contributed by atoms with Gasteiger partial charge in [-0.15, -0.1) is 12.4 Å². The SMILES string of the molecule is Cl.Nc1cccc(CN(CC2CC2)CC2CC2)c1. The van der Waals surface area contributed by atoms with Crippen LogP contribution in [-0.2, 0) is 6.54 Å². The van der Waals surface area contributed by atoms with Crippen molar-refractivity contribution in [2.45, 2.75) is 32.2 Å². The third-order valence-electron chi connectivity index (χ3n) is 3.78. The van der Waals surface area contributed by atoms with Crippen molar-refractivity contribution in [3.8, 4) is 0 Å². The number of nitrogen functional groups attached to an aromatic ring is 1. The van der Waals surface area contributed by atoms with Crippen LogP contribution in [0.3, 0.4) is 0 Å². The van der Waals surface area contributed by atoms with Crippen molar-refractivity contribution >= 4 is 18.1 Å². The van der Waals surface area contributed by atoms with Gasteiger partial charge in [0.15, 0.2) is 0 Å². The van der Waals surface area contributed by atoms with Gasteiger partial charge in [0.1, 0.15) is 0 Å². The summed E-state index contributed by atoms with van der Waals surface area (Å²) in [7, 11) is 0. The molecule has 1 aromatic rings. The Labute approximate surface area is 116 Å². The molecule has 0 bridgehead atoms. The van der Waals surface area contributed by atoms with Gasteiger partial charge in [0.05, 0.1) is 0 Å². The first-order valence-electron chi connectivity index (χ1n) is 6.86. The molecular weight excluding hydrogens is 244 g/mol. The molecular formula is C15H23ClN2. The highest BCUT2D eigenvalue weighted by Gasteiger charge is 2.29. The number of anilines is 1. The molecule has 2 nitrogen and oxygen atoms in total. The molecule has 2 fully saturated rings. The lowest BCUT2D eigenvalue weighted by atomic mass is 10.1. The third kappa shape index (κ3) is 4.18. The van der Waals surface area contributed by atoms with E-state index in [4.69, 9.17) is 5.73 Å². The first-order valence-corrected chi connectivity index (χ1v) is 6.86. The van der Waals surface area contributed by atoms with Gasteiger partial charge in [-0.05, 0) is 55.2 Å². The fraction of sp³-hybridized carbons (Fsp3) is 0.600. The van der Waals surface area contributed by atoms with Crippen LogP contribution in [0.5, 0.6) is 0 Å². The minimum Gasteiger partial charge on any atom is -0.399 e. The lowest BCUT2D eigenvalue weighted by Crippen LogP contribution is -2.27. The molecule has 2 aliphatic rings. The maximum atomic E-state index is 5.84. The number of hydrogen-bond acceptors (Lipinski definition) is 2. The molecule has 0 saturated heterocycles. The minimum absolute atomic E-state index is 0. The highest BCUT2D eigenvalue weighted by atomic mass is 35.5. The van der Waals surface area contributed by atoms with Crippen LogP contribution in [0.2, 0.25) is 0 Å². The van der Waals surface area contributed by atoms with Crippen molar-refractivity contribution < 1.29 is 0 Å². The number of benzene rings is 1. The van der Waals surface area contributed by atoms with E-state index in [1.54, 1.807) is 0 Å². The van der Waals surface area contributed by atoms with Gasteiger partial charge >= 0.3 is 0 Å². The standard InChI is InChI=1S/C15H22N2.ClH/c16-15-3-1-2-14(8-15)11-17(9-12-4-5-12)10-13-6-7-13;/h1-3,8,12-13H,4-7,9-11,16H2;1H. The predicted molar refractivity (Wildman–Crippen MR) is 78.8 cm³/mol. The van der Waals surface area contributed by atoms with E-state index in [1.165, 1.54) is 44.3 Å². The van der Waals surface area contributed by atoms with Crippen LogP contribution in [-0.4, -0.2) is 18.0 Å². The van der Waals surface area contributed by atoms with Crippen molar-refractivity contribution in [1.82, 2.24) is 4.90 Å². The van der Waals surface area contributed by atoms with Crippen LogP contribution in [0.1, 0.15) is 31.2 Å². The molecule has 3 rings (SSSR count). The Balaban J connectivity index is 0.00000120. The smallest absolute Gasteiger partial charge is 0.0317 e. The van der Waals surface area contributed by atoms with E-state index in [0.29, 0.717) is 0 Å². The van der Waals surface area contributed by atoms with Crippen LogP contribution in [0.25, 0.3) is 0 Å². The van der Waals surface area contributed by atoms with Gasteiger partial charge in [-0.2, -0.15) is 0 Å². The van der Waals surface area contributed by atoms with Gasteiger partial charge in [-0.1, -0.05) is 12.1 Å². The monoisotopic (exact) mass is 266 g/mol. The van der Waals surface area contributed by atoms with Gasteiger partial charge in [0.25, 0.3) is 0 Å². The van der Waals surface area contributed by atoms with Crippen LogP contribution in [0.4, 0.5) is 5.69 Å². The van der Waals surface area contributed by atoms with E-state index in [2.05, 4.69) is 23.1 Å². The lowest BCUT2D eigenvalue weighted by Gasteiger charge is -2.22. The Morgan fingerprint density at radius 3 is 2.17 bits per heavy atom. The zero-order valence-corrected chi connectivity index (χ0v) is 11.7. The number of hydrogen-bond donors (Lipinski definition) is 1. The Hall–Kier alpha value is -0.730. The average molecular weight is 267 g/mol. The van der Waals surface area contributed by atoms with Crippen molar-refractivity contribution in [1.29, 1.82) is 0 Å². The minimum atomic E-state index is 0. The van der Waals surface area contributed by atoms with E-state index in [9.17, 15) is 0 Å². The molecule has 0 aromatic heterocycles. The number of nitrogens with zero attached hydrogens (tertiary/aromatic N) is 1. The maximum absolute atomic E-state index is 5.84. The van der Waals surface area contributed by atoms with E-state index in [1.807, 2.05) is 6.07 Å². The normalized spacial score (nSPS) is 18.7. The number of nitrogens with two attached hydrogens (primary N) is 1. The summed E-state index contributed by atoms with van der Waals surface area (Å²) in [6, 6.07) is 8.35. The summed E-state index contributed by atoms with van der Waals surface area (Å²) in [5.74, 6) is 1.96. The summed E-state index contributed by atoms with van der Waals surface area (Å²) in [6.45, 7) is 3.68. The molecule has 3 heteroatoms. The van der Waals surface area contributed by atoms with Crippen LogP contribution in [0, 0.1) is 11.8 Å². The van der Waals surface area contributed by atoms with E-state index >= 15 is 0 Å². The molecule has 0 spiro atoms. The van der Waals surface area contributed by atoms with E-state index in [0.717, 1.165) is 24.1 Å². The van der Waals surface area contributed by atoms with Crippen molar-refractivity contribution in [3.05, 3.63) is 29.8 Å². The van der Waals surface area contributed by atoms with Crippen LogP contribution >= 0.6 is 12.4 Å². The molecule has 0 radical (unpaired) electrons. The third-order valence-corrected chi connectivity index (χ3v) is 3.78. The second-order valence-electron chi connectivity index (χ2n) is 5.83. The second kappa shape index (κ2) is 5.94. The van der Waals surface area contributed by atoms with Crippen LogP contribution in [0.15, 0.2) is 24.3 Å². The fourth-order valence-corrected chi connectivity index (χ4v) is 2.48. The topological polar surface area (TPSA) is 29.3 Å². The zero-order chi connectivity index (χ0) is 11.7. The van der Waals surface area contributed by atoms with Gasteiger partial charge in [-0.25, -0.2) is 0 Å². The Morgan fingerprint density at radius 1 is 1.06 bits per heavy atom. The molecule has 2 aliphatic carbocycles. The Kier molecular flexibility index (Phi) is 4.52. The quantitative estimate of drug-likeness (QED) is 0.801. The average Bonchev–Trinajstić information content (AvgIpc) is 3.13. The van der Waals surface area contributed by atoms with Crippen molar-refractivity contribution in [2.24, 2.45) is 11.8 Å². The molecule has 100 valence electrons. The number of halogens is 1. The Bertz CT molecular complexity index is 372. The van der Waals surface area contributed by atoms with E-state index < -0.39 is 0 Å². The summed E-state index contributed by atoms with van der Waals surface area (Å²) in [5.41, 5.74) is 8.10. The van der Waals surface area contributed by atoms with E-state index in [-0.39, 0.29) is 12.4 Å². The summed E-state index contributed by atoms with van der Waals surface area (Å²) in [5, 5.41) is 0. The first kappa shape index (κ1) is 13.7. The molecule has 2 N–H and O–H groups in total. The van der Waals surface area contributed by atoms with Gasteiger partial charge in [0.2, 0.25) is 0 Å². The van der Waals surface area contributed by atoms with Gasteiger partial charge < -0.3 is 5.73 Å². The molecule has 0 amide bonds. The highest BCUT2D eigenvalue weighted by molar-refractivity contribution is 5.85. The fourth-order valence-electron chi connectivity index (χ4n) is 2.48. The van der Waals surface area contributed by atoms with Gasteiger partial charge in [0, 0.05) is 25.3 Å². The van der Waals surface area contributed by atoms with Gasteiger partial charge in [-0.3, -0.25) is 4.90 Å². The second-order valence-corrected chi connectivity index (χ2v) is 5.83. The zero-order valence-electron chi connectivity index (χ0n) is 10.8. The van der Waals surface area contributed by atoms with Crippen molar-refractivity contribution in [2.75, 3.05) is 18.8 Å². The molecule has 0 heterocycles. The largest absolute Gasteiger partial charge is 0.399 e. The number of rotatable bonds is 6. The maximum Gasteiger partial charge on any atom is 0.0317 e. The highest BCUT2D eigenvalue weighted by Crippen LogP contribution is 2.34. The first-order chi connectivity index (χ1) is 8.29.